The van der Waals surface area contributed by atoms with Crippen molar-refractivity contribution in [2.45, 2.75) is 51.1 Å². The van der Waals surface area contributed by atoms with Gasteiger partial charge in [0.15, 0.2) is 5.75 Å². The highest BCUT2D eigenvalue weighted by Gasteiger charge is 2.27. The number of hydrogen-bond donors (Lipinski definition) is 2. The largest absolute Gasteiger partial charge is 0.616 e. The van der Waals surface area contributed by atoms with Crippen molar-refractivity contribution < 1.29 is 23.7 Å². The number of fused-ring (bicyclic) bond motifs is 1. The Morgan fingerprint density at radius 2 is 1.68 bits per heavy atom. The quantitative estimate of drug-likeness (QED) is 0.155. The van der Waals surface area contributed by atoms with Crippen molar-refractivity contribution in [3.63, 3.8) is 0 Å². The van der Waals surface area contributed by atoms with Crippen molar-refractivity contribution in [2.75, 3.05) is 38.0 Å². The molecule has 3 aromatic carbocycles. The molecule has 0 saturated carbocycles. The van der Waals surface area contributed by atoms with Gasteiger partial charge in [-0.05, 0) is 51.9 Å². The third-order valence-electron chi connectivity index (χ3n) is 7.67. The van der Waals surface area contributed by atoms with E-state index in [0.717, 1.165) is 28.3 Å². The standard InChI is InChI=1S/C34H45N3O5S2/c1-5-25(2)31(36-33(39)24-44(41)23-26-12-7-6-8-13-26)21-37(20-28-16-11-15-27-14-9-10-17-29(27)28)22-32(38)35-30(18-19-43-4)34(40)42-3/h6-17,25,30-31H,5,18-24H2,1-4H3,(H,35,38)(H,36,39)/t25-,30-,31+,44?/m0/s1. The van der Waals surface area contributed by atoms with E-state index >= 15 is 0 Å². The highest BCUT2D eigenvalue weighted by molar-refractivity contribution is 7.98. The van der Waals surface area contributed by atoms with E-state index in [1.54, 1.807) is 11.8 Å². The van der Waals surface area contributed by atoms with E-state index in [-0.39, 0.29) is 36.1 Å². The second kappa shape index (κ2) is 18.7. The van der Waals surface area contributed by atoms with Crippen molar-refractivity contribution in [3.05, 3.63) is 83.9 Å². The molecule has 2 N–H and O–H groups in total. The van der Waals surface area contributed by atoms with E-state index < -0.39 is 23.2 Å². The van der Waals surface area contributed by atoms with E-state index in [9.17, 15) is 18.9 Å². The minimum Gasteiger partial charge on any atom is -0.616 e. The fourth-order valence-electron chi connectivity index (χ4n) is 5.06. The first kappa shape index (κ1) is 35.4. The van der Waals surface area contributed by atoms with Crippen LogP contribution in [0.15, 0.2) is 72.8 Å². The van der Waals surface area contributed by atoms with Crippen LogP contribution in [0.25, 0.3) is 10.8 Å². The van der Waals surface area contributed by atoms with Crippen LogP contribution in [0, 0.1) is 5.92 Å². The van der Waals surface area contributed by atoms with Crippen LogP contribution < -0.4 is 10.6 Å². The van der Waals surface area contributed by atoms with E-state index in [1.165, 1.54) is 7.11 Å². The number of carbonyl (C=O) groups excluding carboxylic acids is 3. The van der Waals surface area contributed by atoms with Crippen molar-refractivity contribution in [1.29, 1.82) is 0 Å². The summed E-state index contributed by atoms with van der Waals surface area (Å²) in [6.07, 6.45) is 3.22. The van der Waals surface area contributed by atoms with Gasteiger partial charge in [0.05, 0.1) is 13.7 Å². The summed E-state index contributed by atoms with van der Waals surface area (Å²) < 4.78 is 17.7. The van der Waals surface area contributed by atoms with E-state index in [0.29, 0.717) is 31.0 Å². The maximum absolute atomic E-state index is 13.4. The molecule has 0 spiro atoms. The molecule has 0 aliphatic heterocycles. The van der Waals surface area contributed by atoms with Crippen molar-refractivity contribution in [1.82, 2.24) is 15.5 Å². The molecule has 0 fully saturated rings. The molecule has 0 heterocycles. The fraction of sp³-hybridized carbons (Fsp3) is 0.441. The maximum atomic E-state index is 13.4. The molecule has 0 aromatic heterocycles. The Bertz CT molecular complexity index is 1340. The summed E-state index contributed by atoms with van der Waals surface area (Å²) in [6.45, 7) is 5.02. The fourth-order valence-corrected chi connectivity index (χ4v) is 6.58. The maximum Gasteiger partial charge on any atom is 0.328 e. The lowest BCUT2D eigenvalue weighted by molar-refractivity contribution is -0.145. The van der Waals surface area contributed by atoms with Gasteiger partial charge < -0.3 is 19.9 Å². The van der Waals surface area contributed by atoms with E-state index in [4.69, 9.17) is 4.74 Å². The molecule has 3 rings (SSSR count). The van der Waals surface area contributed by atoms with Crippen LogP contribution in [0.4, 0.5) is 0 Å². The number of carbonyl (C=O) groups is 3. The summed E-state index contributed by atoms with van der Waals surface area (Å²) in [5, 5.41) is 8.18. The Labute approximate surface area is 268 Å². The highest BCUT2D eigenvalue weighted by Crippen LogP contribution is 2.21. The van der Waals surface area contributed by atoms with Crippen molar-refractivity contribution in [2.24, 2.45) is 5.92 Å². The van der Waals surface area contributed by atoms with Gasteiger partial charge in [0.1, 0.15) is 11.8 Å². The summed E-state index contributed by atoms with van der Waals surface area (Å²) in [7, 11) is 1.32. The second-order valence-electron chi connectivity index (χ2n) is 11.0. The third-order valence-corrected chi connectivity index (χ3v) is 9.55. The first-order chi connectivity index (χ1) is 21.2. The molecule has 4 atom stereocenters. The summed E-state index contributed by atoms with van der Waals surface area (Å²) in [5.74, 6) is -0.0183. The van der Waals surface area contributed by atoms with Gasteiger partial charge in [-0.3, -0.25) is 14.5 Å². The van der Waals surface area contributed by atoms with Crippen molar-refractivity contribution in [3.8, 4) is 0 Å². The minimum absolute atomic E-state index is 0.0265. The first-order valence-electron chi connectivity index (χ1n) is 15.0. The molecule has 1 unspecified atom stereocenters. The Hall–Kier alpha value is -3.05. The van der Waals surface area contributed by atoms with Crippen LogP contribution in [-0.2, 0) is 42.6 Å². The summed E-state index contributed by atoms with van der Waals surface area (Å²) in [6, 6.07) is 22.7. The first-order valence-corrected chi connectivity index (χ1v) is 17.9. The summed E-state index contributed by atoms with van der Waals surface area (Å²) >= 11 is 0.242. The Balaban J connectivity index is 1.79. The van der Waals surface area contributed by atoms with Crippen LogP contribution in [0.1, 0.15) is 37.8 Å². The lowest BCUT2D eigenvalue weighted by atomic mass is 9.97. The number of rotatable bonds is 18. The van der Waals surface area contributed by atoms with Gasteiger partial charge in [-0.1, -0.05) is 93.1 Å². The zero-order chi connectivity index (χ0) is 31.9. The predicted octanol–water partition coefficient (Wildman–Crippen LogP) is 4.53. The van der Waals surface area contributed by atoms with Crippen LogP contribution in [-0.4, -0.2) is 77.3 Å². The molecule has 238 valence electrons. The molecule has 2 amide bonds. The summed E-state index contributed by atoms with van der Waals surface area (Å²) in [4.78, 5) is 40.9. The normalized spacial score (nSPS) is 14.0. The van der Waals surface area contributed by atoms with Gasteiger partial charge in [0.25, 0.3) is 5.91 Å². The lowest BCUT2D eigenvalue weighted by Gasteiger charge is -2.31. The van der Waals surface area contributed by atoms with E-state index in [2.05, 4.69) is 42.7 Å². The molecule has 3 aromatic rings. The number of esters is 1. The second-order valence-corrected chi connectivity index (χ2v) is 13.4. The van der Waals surface area contributed by atoms with Gasteiger partial charge in [-0.2, -0.15) is 11.8 Å². The molecule has 8 nitrogen and oxygen atoms in total. The number of thioether (sulfide) groups is 1. The lowest BCUT2D eigenvalue weighted by Crippen LogP contribution is -2.51. The van der Waals surface area contributed by atoms with Crippen LogP contribution >= 0.6 is 11.8 Å². The average molecular weight is 640 g/mol. The molecule has 0 aliphatic rings. The molecule has 0 aliphatic carbocycles. The topological polar surface area (TPSA) is 111 Å². The Kier molecular flexibility index (Phi) is 15.0. The zero-order valence-electron chi connectivity index (χ0n) is 26.1. The van der Waals surface area contributed by atoms with Crippen LogP contribution in [0.5, 0.6) is 0 Å². The smallest absolute Gasteiger partial charge is 0.328 e. The Morgan fingerprint density at radius 1 is 0.977 bits per heavy atom. The number of ether oxygens (including phenoxy) is 1. The molecule has 0 radical (unpaired) electrons. The van der Waals surface area contributed by atoms with Gasteiger partial charge in [0.2, 0.25) is 5.91 Å². The third kappa shape index (κ3) is 11.5. The molecular formula is C34H45N3O5S2. The van der Waals surface area contributed by atoms with E-state index in [1.807, 2.05) is 65.8 Å². The van der Waals surface area contributed by atoms with Crippen molar-refractivity contribution >= 4 is 51.5 Å². The van der Waals surface area contributed by atoms with Crippen LogP contribution in [0.2, 0.25) is 0 Å². The van der Waals surface area contributed by atoms with Gasteiger partial charge in [0, 0.05) is 24.7 Å². The number of methoxy groups -OCH3 is 1. The predicted molar refractivity (Wildman–Crippen MR) is 181 cm³/mol. The monoisotopic (exact) mass is 639 g/mol. The average Bonchev–Trinajstić information content (AvgIpc) is 3.02. The molecule has 0 saturated heterocycles. The highest BCUT2D eigenvalue weighted by atomic mass is 32.2. The molecule has 44 heavy (non-hydrogen) atoms. The van der Waals surface area contributed by atoms with Gasteiger partial charge in [-0.25, -0.2) is 4.79 Å². The molecular weight excluding hydrogens is 595 g/mol. The number of hydrogen-bond acceptors (Lipinski definition) is 7. The Morgan fingerprint density at radius 3 is 2.39 bits per heavy atom. The number of amides is 2. The number of nitrogens with zero attached hydrogens (tertiary/aromatic N) is 1. The number of nitrogens with one attached hydrogen (secondary N) is 2. The molecule has 0 bridgehead atoms. The van der Waals surface area contributed by atoms with Gasteiger partial charge in [-0.15, -0.1) is 0 Å². The summed E-state index contributed by atoms with van der Waals surface area (Å²) in [5.41, 5.74) is 1.98. The molecule has 10 heteroatoms. The zero-order valence-corrected chi connectivity index (χ0v) is 27.8. The number of benzene rings is 3. The van der Waals surface area contributed by atoms with Gasteiger partial charge >= 0.3 is 5.97 Å². The minimum atomic E-state index is -1.35. The SMILES string of the molecule is CC[C@H](C)[C@@H](CN(CC(=O)N[C@@H](CCSC)C(=O)OC)Cc1cccc2ccccc12)NC(=O)C[S+]([O-])Cc1ccccc1. The van der Waals surface area contributed by atoms with Crippen LogP contribution in [0.3, 0.4) is 0 Å².